The summed E-state index contributed by atoms with van der Waals surface area (Å²) in [5, 5.41) is 15.0. The third-order valence-electron chi connectivity index (χ3n) is 4.14. The van der Waals surface area contributed by atoms with Gasteiger partial charge in [0.15, 0.2) is 5.11 Å². The smallest absolute Gasteiger partial charge is 0.416 e. The normalized spacial score (nSPS) is 12.0. The number of hydrazone groups is 1. The molecule has 4 N–H and O–H groups in total. The summed E-state index contributed by atoms with van der Waals surface area (Å²) in [5.41, 5.74) is 9.68. The van der Waals surface area contributed by atoms with Gasteiger partial charge in [-0.2, -0.15) is 18.3 Å². The molecule has 0 aliphatic rings. The highest BCUT2D eigenvalue weighted by Gasteiger charge is 2.31. The van der Waals surface area contributed by atoms with Crippen molar-refractivity contribution in [3.63, 3.8) is 0 Å². The first kappa shape index (κ1) is 19.7. The number of nitrogens with one attached hydrogen (secondary N) is 1. The molecule has 0 radical (unpaired) electrons. The standard InChI is InChI=1S/C19H17F3N4OS/c1-10-5-11(2)7-13(6-10)26-16-8-12(19(20,21)22)3-4-14(16)15(17(26)27)9-24-25-18(23)28/h3-9,27H,1-2H3,(H3,23,25,28)/b24-9+. The SMILES string of the molecule is Cc1cc(C)cc(-n2c(O)c(/C=N/NC(N)=S)c3ccc(C(F)(F)F)cc32)c1. The second-order valence-corrected chi connectivity index (χ2v) is 6.82. The van der Waals surface area contributed by atoms with E-state index in [4.69, 9.17) is 5.73 Å². The Balaban J connectivity index is 2.32. The van der Waals surface area contributed by atoms with Gasteiger partial charge in [-0.25, -0.2) is 0 Å². The Kier molecular flexibility index (Phi) is 5.03. The molecule has 5 nitrogen and oxygen atoms in total. The van der Waals surface area contributed by atoms with Crippen molar-refractivity contribution in [1.82, 2.24) is 9.99 Å². The van der Waals surface area contributed by atoms with E-state index in [1.54, 1.807) is 12.1 Å². The predicted molar refractivity (Wildman–Crippen MR) is 107 cm³/mol. The largest absolute Gasteiger partial charge is 0.494 e. The maximum atomic E-state index is 13.2. The summed E-state index contributed by atoms with van der Waals surface area (Å²) >= 11 is 4.67. The summed E-state index contributed by atoms with van der Waals surface area (Å²) in [7, 11) is 0. The number of nitrogens with zero attached hydrogens (tertiary/aromatic N) is 2. The molecular weight excluding hydrogens is 389 g/mol. The van der Waals surface area contributed by atoms with Crippen LogP contribution in [0.25, 0.3) is 16.6 Å². The van der Waals surface area contributed by atoms with Crippen LogP contribution < -0.4 is 11.2 Å². The number of alkyl halides is 3. The molecule has 0 atom stereocenters. The summed E-state index contributed by atoms with van der Waals surface area (Å²) in [5.74, 6) is -0.243. The van der Waals surface area contributed by atoms with Crippen molar-refractivity contribution in [2.24, 2.45) is 10.8 Å². The molecule has 0 amide bonds. The number of hydrogen-bond acceptors (Lipinski definition) is 3. The van der Waals surface area contributed by atoms with Crippen LogP contribution >= 0.6 is 12.2 Å². The molecule has 0 unspecified atom stereocenters. The minimum absolute atomic E-state index is 0.0758. The second-order valence-electron chi connectivity index (χ2n) is 6.38. The third-order valence-corrected chi connectivity index (χ3v) is 4.23. The summed E-state index contributed by atoms with van der Waals surface area (Å²) in [4.78, 5) is 0. The fourth-order valence-corrected chi connectivity index (χ4v) is 3.16. The third kappa shape index (κ3) is 3.79. The molecule has 1 aromatic heterocycles. The second kappa shape index (κ2) is 7.16. The molecule has 0 bridgehead atoms. The Labute approximate surface area is 164 Å². The summed E-state index contributed by atoms with van der Waals surface area (Å²) in [6.07, 6.45) is -3.24. The lowest BCUT2D eigenvalue weighted by molar-refractivity contribution is -0.137. The predicted octanol–water partition coefficient (Wildman–Crippen LogP) is 4.14. The van der Waals surface area contributed by atoms with Crippen molar-refractivity contribution in [3.05, 3.63) is 58.7 Å². The summed E-state index contributed by atoms with van der Waals surface area (Å²) < 4.78 is 41.1. The van der Waals surface area contributed by atoms with Gasteiger partial charge in [0.05, 0.1) is 22.9 Å². The Bertz CT molecular complexity index is 1080. The van der Waals surface area contributed by atoms with E-state index < -0.39 is 11.7 Å². The van der Waals surface area contributed by atoms with Crippen LogP contribution in [0.15, 0.2) is 41.5 Å². The molecule has 0 aliphatic carbocycles. The van der Waals surface area contributed by atoms with E-state index >= 15 is 0 Å². The Morgan fingerprint density at radius 3 is 2.39 bits per heavy atom. The minimum atomic E-state index is -4.51. The van der Waals surface area contributed by atoms with Gasteiger partial charge in [0.1, 0.15) is 0 Å². The van der Waals surface area contributed by atoms with Gasteiger partial charge in [-0.05, 0) is 61.5 Å². The van der Waals surface area contributed by atoms with Crippen LogP contribution in [-0.2, 0) is 6.18 Å². The molecule has 3 rings (SSSR count). The molecule has 0 saturated carbocycles. The number of halogens is 3. The van der Waals surface area contributed by atoms with E-state index in [1.165, 1.54) is 16.8 Å². The van der Waals surface area contributed by atoms with Gasteiger partial charge in [-0.3, -0.25) is 9.99 Å². The molecule has 3 aromatic rings. The van der Waals surface area contributed by atoms with E-state index in [2.05, 4.69) is 22.7 Å². The first-order valence-corrected chi connectivity index (χ1v) is 8.60. The molecule has 0 aliphatic heterocycles. The van der Waals surface area contributed by atoms with Gasteiger partial charge in [-0.1, -0.05) is 12.1 Å². The van der Waals surface area contributed by atoms with Gasteiger partial charge >= 0.3 is 6.18 Å². The van der Waals surface area contributed by atoms with Crippen LogP contribution in [0.2, 0.25) is 0 Å². The lowest BCUT2D eigenvalue weighted by Gasteiger charge is -2.11. The zero-order chi connectivity index (χ0) is 20.6. The number of aryl methyl sites for hydroxylation is 2. The number of thiocarbonyl (C=S) groups is 1. The lowest BCUT2D eigenvalue weighted by atomic mass is 10.1. The van der Waals surface area contributed by atoms with Crippen molar-refractivity contribution in [2.75, 3.05) is 0 Å². The van der Waals surface area contributed by atoms with E-state index in [0.29, 0.717) is 11.1 Å². The Morgan fingerprint density at radius 2 is 1.82 bits per heavy atom. The van der Waals surface area contributed by atoms with Gasteiger partial charge in [0.2, 0.25) is 5.88 Å². The van der Waals surface area contributed by atoms with Gasteiger partial charge < -0.3 is 10.8 Å². The van der Waals surface area contributed by atoms with E-state index in [-0.39, 0.29) is 22.1 Å². The topological polar surface area (TPSA) is 75.6 Å². The van der Waals surface area contributed by atoms with Crippen molar-refractivity contribution in [2.45, 2.75) is 20.0 Å². The van der Waals surface area contributed by atoms with Gasteiger partial charge in [0.25, 0.3) is 0 Å². The fourth-order valence-electron chi connectivity index (χ4n) is 3.10. The van der Waals surface area contributed by atoms with Crippen LogP contribution in [0.1, 0.15) is 22.3 Å². The van der Waals surface area contributed by atoms with E-state index in [1.807, 2.05) is 19.9 Å². The van der Waals surface area contributed by atoms with E-state index in [0.717, 1.165) is 23.3 Å². The van der Waals surface area contributed by atoms with Crippen LogP contribution in [0.4, 0.5) is 13.2 Å². The molecule has 0 fully saturated rings. The first-order valence-electron chi connectivity index (χ1n) is 8.19. The Morgan fingerprint density at radius 1 is 1.18 bits per heavy atom. The van der Waals surface area contributed by atoms with Gasteiger partial charge in [-0.15, -0.1) is 0 Å². The maximum absolute atomic E-state index is 13.2. The molecule has 2 aromatic carbocycles. The van der Waals surface area contributed by atoms with Crippen molar-refractivity contribution >= 4 is 34.4 Å². The number of fused-ring (bicyclic) bond motifs is 1. The molecule has 146 valence electrons. The van der Waals surface area contributed by atoms with Crippen molar-refractivity contribution in [3.8, 4) is 11.6 Å². The number of nitrogens with two attached hydrogens (primary N) is 1. The number of aromatic nitrogens is 1. The summed E-state index contributed by atoms with van der Waals surface area (Å²) in [6.45, 7) is 3.74. The highest BCUT2D eigenvalue weighted by atomic mass is 32.1. The van der Waals surface area contributed by atoms with Crippen LogP contribution in [0.5, 0.6) is 5.88 Å². The fraction of sp³-hybridized carbons (Fsp3) is 0.158. The van der Waals surface area contributed by atoms with Crippen LogP contribution in [0, 0.1) is 13.8 Å². The summed E-state index contributed by atoms with van der Waals surface area (Å²) in [6, 6.07) is 8.76. The molecule has 0 saturated heterocycles. The maximum Gasteiger partial charge on any atom is 0.416 e. The number of hydrogen-bond donors (Lipinski definition) is 3. The minimum Gasteiger partial charge on any atom is -0.494 e. The molecular formula is C19H17F3N4OS. The Hall–Kier alpha value is -3.07. The van der Waals surface area contributed by atoms with Crippen molar-refractivity contribution in [1.29, 1.82) is 0 Å². The zero-order valence-electron chi connectivity index (χ0n) is 15.0. The van der Waals surface area contributed by atoms with Gasteiger partial charge in [0, 0.05) is 11.1 Å². The highest BCUT2D eigenvalue weighted by molar-refractivity contribution is 7.80. The van der Waals surface area contributed by atoms with E-state index in [9.17, 15) is 18.3 Å². The molecule has 28 heavy (non-hydrogen) atoms. The van der Waals surface area contributed by atoms with Crippen LogP contribution in [0.3, 0.4) is 0 Å². The monoisotopic (exact) mass is 406 g/mol. The van der Waals surface area contributed by atoms with Crippen LogP contribution in [-0.4, -0.2) is 21.0 Å². The zero-order valence-corrected chi connectivity index (χ0v) is 15.8. The highest BCUT2D eigenvalue weighted by Crippen LogP contribution is 2.38. The lowest BCUT2D eigenvalue weighted by Crippen LogP contribution is -2.23. The quantitative estimate of drug-likeness (QED) is 0.347. The number of aromatic hydroxyl groups is 1. The molecule has 9 heteroatoms. The molecule has 1 heterocycles. The average Bonchev–Trinajstić information content (AvgIpc) is 2.84. The molecule has 0 spiro atoms. The number of rotatable bonds is 3. The van der Waals surface area contributed by atoms with Crippen molar-refractivity contribution < 1.29 is 18.3 Å². The first-order chi connectivity index (χ1) is 13.1. The average molecular weight is 406 g/mol. The number of benzene rings is 2.